The van der Waals surface area contributed by atoms with E-state index in [4.69, 9.17) is 11.6 Å². The summed E-state index contributed by atoms with van der Waals surface area (Å²) in [4.78, 5) is 13.9. The van der Waals surface area contributed by atoms with E-state index in [1.165, 1.54) is 0 Å². The van der Waals surface area contributed by atoms with Crippen molar-refractivity contribution in [3.05, 3.63) is 87.9 Å². The standard InChI is InChI=1S/C24H24BrClN2O3S2/c1-18-6-12-23(13-7-18)33(30,31)28(21-5-2-4-19(25)16-21)17-24(29)27-14-3-15-32-22-10-8-20(26)9-11-22/h2,4-13,16H,3,14-15,17H2,1H3,(H,27,29). The predicted molar refractivity (Wildman–Crippen MR) is 140 cm³/mol. The first-order valence-electron chi connectivity index (χ1n) is 10.3. The summed E-state index contributed by atoms with van der Waals surface area (Å²) in [5.41, 5.74) is 1.37. The summed E-state index contributed by atoms with van der Waals surface area (Å²) >= 11 is 11.0. The number of anilines is 1. The molecule has 3 rings (SSSR count). The summed E-state index contributed by atoms with van der Waals surface area (Å²) in [6, 6.07) is 21.1. The zero-order valence-corrected chi connectivity index (χ0v) is 22.0. The van der Waals surface area contributed by atoms with E-state index in [1.54, 1.807) is 60.3 Å². The molecule has 1 amide bonds. The molecule has 0 aliphatic rings. The normalized spacial score (nSPS) is 11.2. The molecule has 5 nitrogen and oxygen atoms in total. The largest absolute Gasteiger partial charge is 0.354 e. The van der Waals surface area contributed by atoms with E-state index < -0.39 is 10.0 Å². The first kappa shape index (κ1) is 25.6. The van der Waals surface area contributed by atoms with Gasteiger partial charge in [0.1, 0.15) is 6.54 Å². The van der Waals surface area contributed by atoms with Gasteiger partial charge in [-0.25, -0.2) is 8.42 Å². The average molecular weight is 568 g/mol. The van der Waals surface area contributed by atoms with Gasteiger partial charge in [-0.3, -0.25) is 9.10 Å². The minimum Gasteiger partial charge on any atom is -0.354 e. The molecule has 0 aliphatic heterocycles. The van der Waals surface area contributed by atoms with Gasteiger partial charge in [0.25, 0.3) is 10.0 Å². The lowest BCUT2D eigenvalue weighted by atomic mass is 10.2. The third kappa shape index (κ3) is 7.50. The van der Waals surface area contributed by atoms with Crippen molar-refractivity contribution < 1.29 is 13.2 Å². The van der Waals surface area contributed by atoms with Crippen LogP contribution in [0.25, 0.3) is 0 Å². The van der Waals surface area contributed by atoms with E-state index in [0.29, 0.717) is 17.3 Å². The summed E-state index contributed by atoms with van der Waals surface area (Å²) in [6.45, 7) is 2.04. The number of benzene rings is 3. The van der Waals surface area contributed by atoms with Gasteiger partial charge < -0.3 is 5.32 Å². The fourth-order valence-corrected chi connectivity index (χ4v) is 5.77. The van der Waals surface area contributed by atoms with Gasteiger partial charge in [0.2, 0.25) is 5.91 Å². The number of carbonyl (C=O) groups is 1. The molecule has 0 aliphatic carbocycles. The van der Waals surface area contributed by atoms with E-state index in [0.717, 1.165) is 31.4 Å². The van der Waals surface area contributed by atoms with Crippen molar-refractivity contribution in [1.29, 1.82) is 0 Å². The van der Waals surface area contributed by atoms with Crippen molar-refractivity contribution in [3.8, 4) is 0 Å². The van der Waals surface area contributed by atoms with Crippen LogP contribution in [-0.2, 0) is 14.8 Å². The number of hydrogen-bond donors (Lipinski definition) is 1. The number of thioether (sulfide) groups is 1. The zero-order valence-electron chi connectivity index (χ0n) is 18.0. The molecule has 9 heteroatoms. The number of halogens is 2. The minimum absolute atomic E-state index is 0.139. The van der Waals surface area contributed by atoms with Crippen LogP contribution in [0.4, 0.5) is 5.69 Å². The lowest BCUT2D eigenvalue weighted by Crippen LogP contribution is -2.41. The highest BCUT2D eigenvalue weighted by atomic mass is 79.9. The van der Waals surface area contributed by atoms with Gasteiger partial charge in [0.05, 0.1) is 10.6 Å². The van der Waals surface area contributed by atoms with Crippen LogP contribution in [-0.4, -0.2) is 33.2 Å². The summed E-state index contributed by atoms with van der Waals surface area (Å²) in [5.74, 6) is 0.459. The van der Waals surface area contributed by atoms with E-state index >= 15 is 0 Å². The molecule has 174 valence electrons. The third-order valence-corrected chi connectivity index (χ3v) is 8.35. The molecule has 3 aromatic rings. The summed E-state index contributed by atoms with van der Waals surface area (Å²) in [7, 11) is -3.92. The van der Waals surface area contributed by atoms with Crippen molar-refractivity contribution in [2.24, 2.45) is 0 Å². The number of sulfonamides is 1. The molecule has 0 saturated heterocycles. The Hall–Kier alpha value is -2.00. The maximum atomic E-state index is 13.4. The SMILES string of the molecule is Cc1ccc(S(=O)(=O)N(CC(=O)NCCCSc2ccc(Cl)cc2)c2cccc(Br)c2)cc1. The van der Waals surface area contributed by atoms with E-state index in [2.05, 4.69) is 21.2 Å². The lowest BCUT2D eigenvalue weighted by molar-refractivity contribution is -0.119. The van der Waals surface area contributed by atoms with E-state index in [-0.39, 0.29) is 17.3 Å². The molecule has 0 aromatic heterocycles. The fraction of sp³-hybridized carbons (Fsp3) is 0.208. The van der Waals surface area contributed by atoms with Crippen molar-refractivity contribution >= 4 is 60.9 Å². The van der Waals surface area contributed by atoms with Crippen LogP contribution in [0.15, 0.2) is 87.1 Å². The molecular weight excluding hydrogens is 544 g/mol. The van der Waals surface area contributed by atoms with Crippen LogP contribution in [0, 0.1) is 6.92 Å². The Morgan fingerprint density at radius 1 is 1.06 bits per heavy atom. The van der Waals surface area contributed by atoms with Crippen molar-refractivity contribution in [1.82, 2.24) is 5.32 Å². The molecule has 0 unspecified atom stereocenters. The number of amides is 1. The molecule has 0 saturated carbocycles. The predicted octanol–water partition coefficient (Wildman–Crippen LogP) is 5.90. The van der Waals surface area contributed by atoms with Crippen LogP contribution in [0.5, 0.6) is 0 Å². The van der Waals surface area contributed by atoms with Gasteiger partial charge in [0.15, 0.2) is 0 Å². The molecule has 0 atom stereocenters. The van der Waals surface area contributed by atoms with Crippen molar-refractivity contribution in [3.63, 3.8) is 0 Å². The van der Waals surface area contributed by atoms with Gasteiger partial charge in [-0.15, -0.1) is 11.8 Å². The number of carbonyl (C=O) groups excluding carboxylic acids is 1. The zero-order chi connectivity index (χ0) is 23.8. The van der Waals surface area contributed by atoms with Crippen LogP contribution in [0.1, 0.15) is 12.0 Å². The number of nitrogens with zero attached hydrogens (tertiary/aromatic N) is 1. The van der Waals surface area contributed by atoms with Crippen LogP contribution < -0.4 is 9.62 Å². The number of hydrogen-bond acceptors (Lipinski definition) is 4. The van der Waals surface area contributed by atoms with Crippen molar-refractivity contribution in [2.75, 3.05) is 23.1 Å². The average Bonchev–Trinajstić information content (AvgIpc) is 2.78. The molecule has 0 spiro atoms. The molecule has 33 heavy (non-hydrogen) atoms. The highest BCUT2D eigenvalue weighted by Crippen LogP contribution is 2.26. The second-order valence-corrected chi connectivity index (χ2v) is 11.7. The van der Waals surface area contributed by atoms with Gasteiger partial charge in [0, 0.05) is 20.9 Å². The van der Waals surface area contributed by atoms with Crippen LogP contribution in [0.2, 0.25) is 5.02 Å². The third-order valence-electron chi connectivity index (χ3n) is 4.72. The van der Waals surface area contributed by atoms with Crippen LogP contribution in [0.3, 0.4) is 0 Å². The Morgan fingerprint density at radius 2 is 1.76 bits per heavy atom. The minimum atomic E-state index is -3.92. The lowest BCUT2D eigenvalue weighted by Gasteiger charge is -2.24. The number of nitrogens with one attached hydrogen (secondary N) is 1. The highest BCUT2D eigenvalue weighted by Gasteiger charge is 2.27. The quantitative estimate of drug-likeness (QED) is 0.245. The Bertz CT molecular complexity index is 1190. The Labute approximate surface area is 212 Å². The van der Waals surface area contributed by atoms with Crippen molar-refractivity contribution in [2.45, 2.75) is 23.1 Å². The molecule has 3 aromatic carbocycles. The maximum Gasteiger partial charge on any atom is 0.264 e. The number of aryl methyl sites for hydroxylation is 1. The molecule has 0 heterocycles. The summed E-state index contributed by atoms with van der Waals surface area (Å²) in [6.07, 6.45) is 0.751. The summed E-state index contributed by atoms with van der Waals surface area (Å²) < 4.78 is 28.6. The first-order chi connectivity index (χ1) is 15.8. The molecular formula is C24H24BrClN2O3S2. The number of rotatable bonds is 10. The van der Waals surface area contributed by atoms with Gasteiger partial charge >= 0.3 is 0 Å². The van der Waals surface area contributed by atoms with Gasteiger partial charge in [-0.1, -0.05) is 51.3 Å². The second kappa shape index (κ2) is 11.9. The fourth-order valence-electron chi connectivity index (χ4n) is 2.99. The smallest absolute Gasteiger partial charge is 0.264 e. The van der Waals surface area contributed by atoms with Gasteiger partial charge in [-0.2, -0.15) is 0 Å². The Balaban J connectivity index is 1.64. The maximum absolute atomic E-state index is 13.4. The van der Waals surface area contributed by atoms with Gasteiger partial charge in [-0.05, 0) is 73.7 Å². The summed E-state index contributed by atoms with van der Waals surface area (Å²) in [5, 5.41) is 3.53. The highest BCUT2D eigenvalue weighted by molar-refractivity contribution is 9.10. The molecule has 0 fully saturated rings. The molecule has 1 N–H and O–H groups in total. The Kier molecular flexibility index (Phi) is 9.26. The van der Waals surface area contributed by atoms with Crippen LogP contribution >= 0.6 is 39.3 Å². The van der Waals surface area contributed by atoms with E-state index in [9.17, 15) is 13.2 Å². The topological polar surface area (TPSA) is 66.5 Å². The van der Waals surface area contributed by atoms with E-state index in [1.807, 2.05) is 31.2 Å². The molecule has 0 bridgehead atoms. The Morgan fingerprint density at radius 3 is 2.42 bits per heavy atom. The first-order valence-corrected chi connectivity index (χ1v) is 13.9. The molecule has 0 radical (unpaired) electrons. The monoisotopic (exact) mass is 566 g/mol. The second-order valence-electron chi connectivity index (χ2n) is 7.31.